The van der Waals surface area contributed by atoms with Gasteiger partial charge in [0.25, 0.3) is 0 Å². The summed E-state index contributed by atoms with van der Waals surface area (Å²) in [7, 11) is 0. The number of carbonyl (C=O) groups excluding carboxylic acids is 1. The van der Waals surface area contributed by atoms with E-state index in [-0.39, 0.29) is 11.6 Å². The van der Waals surface area contributed by atoms with Crippen LogP contribution in [0.4, 0.5) is 0 Å². The topological polar surface area (TPSA) is 26.3 Å². The van der Waals surface area contributed by atoms with Gasteiger partial charge in [-0.05, 0) is 38.5 Å². The van der Waals surface area contributed by atoms with Gasteiger partial charge in [0.15, 0.2) is 0 Å². The lowest BCUT2D eigenvalue weighted by Gasteiger charge is -2.32. The van der Waals surface area contributed by atoms with Crippen LogP contribution >= 0.6 is 0 Å². The number of rotatable bonds is 0. The minimum absolute atomic E-state index is 0.00463. The lowest BCUT2D eigenvalue weighted by Crippen LogP contribution is -2.35. The highest BCUT2D eigenvalue weighted by Crippen LogP contribution is 2.40. The van der Waals surface area contributed by atoms with Crippen molar-refractivity contribution in [3.05, 3.63) is 0 Å². The van der Waals surface area contributed by atoms with E-state index in [9.17, 15) is 4.79 Å². The minimum atomic E-state index is -0.00463. The maximum Gasteiger partial charge on any atom is 0.306 e. The van der Waals surface area contributed by atoms with Crippen molar-refractivity contribution < 1.29 is 9.53 Å². The first-order valence-electron chi connectivity index (χ1n) is 4.53. The SMILES string of the molecule is O=C1CCCC2(CCCC2)O1. The zero-order valence-electron chi connectivity index (χ0n) is 6.77. The van der Waals surface area contributed by atoms with Gasteiger partial charge in [0.05, 0.1) is 0 Å². The highest BCUT2D eigenvalue weighted by molar-refractivity contribution is 5.70. The fourth-order valence-corrected chi connectivity index (χ4v) is 2.27. The van der Waals surface area contributed by atoms with Crippen molar-refractivity contribution in [2.45, 2.75) is 50.5 Å². The van der Waals surface area contributed by atoms with Gasteiger partial charge in [-0.25, -0.2) is 0 Å². The summed E-state index contributed by atoms with van der Waals surface area (Å²) < 4.78 is 5.40. The first kappa shape index (κ1) is 7.14. The molecule has 0 aromatic rings. The van der Waals surface area contributed by atoms with Crippen LogP contribution < -0.4 is 0 Å². The summed E-state index contributed by atoms with van der Waals surface area (Å²) in [6, 6.07) is 0. The average Bonchev–Trinajstić information content (AvgIpc) is 2.37. The Morgan fingerprint density at radius 2 is 1.73 bits per heavy atom. The molecule has 0 unspecified atom stereocenters. The van der Waals surface area contributed by atoms with Crippen LogP contribution in [0.2, 0.25) is 0 Å². The van der Waals surface area contributed by atoms with Crippen molar-refractivity contribution in [3.63, 3.8) is 0 Å². The summed E-state index contributed by atoms with van der Waals surface area (Å²) in [5.74, 6) is 0.0261. The Bertz CT molecular complexity index is 168. The highest BCUT2D eigenvalue weighted by Gasteiger charge is 2.39. The van der Waals surface area contributed by atoms with Crippen molar-refractivity contribution in [1.82, 2.24) is 0 Å². The molecule has 0 radical (unpaired) electrons. The minimum Gasteiger partial charge on any atom is -0.459 e. The molecule has 2 rings (SSSR count). The first-order valence-corrected chi connectivity index (χ1v) is 4.53. The summed E-state index contributed by atoms with van der Waals surface area (Å²) in [5.41, 5.74) is -0.00463. The standard InChI is InChI=1S/C9H14O2/c10-8-4-3-7-9(11-8)5-1-2-6-9/h1-7H2. The maximum atomic E-state index is 11.0. The van der Waals surface area contributed by atoms with E-state index in [0.29, 0.717) is 6.42 Å². The van der Waals surface area contributed by atoms with Crippen molar-refractivity contribution >= 4 is 5.97 Å². The van der Waals surface area contributed by atoms with Gasteiger partial charge in [-0.3, -0.25) is 4.79 Å². The third-order valence-electron chi connectivity index (χ3n) is 2.86. The number of carbonyl (C=O) groups is 1. The summed E-state index contributed by atoms with van der Waals surface area (Å²) in [6.45, 7) is 0. The molecule has 0 aromatic heterocycles. The Balaban J connectivity index is 2.05. The number of ether oxygens (including phenoxy) is 1. The van der Waals surface area contributed by atoms with E-state index in [1.54, 1.807) is 0 Å². The Morgan fingerprint density at radius 3 is 2.36 bits per heavy atom. The molecule has 62 valence electrons. The van der Waals surface area contributed by atoms with E-state index in [1.807, 2.05) is 0 Å². The van der Waals surface area contributed by atoms with Crippen LogP contribution in [0.3, 0.4) is 0 Å². The second kappa shape index (κ2) is 2.50. The molecule has 2 heteroatoms. The maximum absolute atomic E-state index is 11.0. The Kier molecular flexibility index (Phi) is 1.63. The van der Waals surface area contributed by atoms with E-state index in [2.05, 4.69) is 0 Å². The van der Waals surface area contributed by atoms with Crippen molar-refractivity contribution in [1.29, 1.82) is 0 Å². The molecule has 0 bridgehead atoms. The van der Waals surface area contributed by atoms with Gasteiger partial charge >= 0.3 is 5.97 Å². The summed E-state index contributed by atoms with van der Waals surface area (Å²) in [5, 5.41) is 0. The normalized spacial score (nSPS) is 28.9. The van der Waals surface area contributed by atoms with Crippen LogP contribution in [-0.4, -0.2) is 11.6 Å². The molecule has 0 atom stereocenters. The molecular weight excluding hydrogens is 140 g/mol. The van der Waals surface area contributed by atoms with Crippen LogP contribution in [-0.2, 0) is 9.53 Å². The second-order valence-corrected chi connectivity index (χ2v) is 3.72. The van der Waals surface area contributed by atoms with Crippen molar-refractivity contribution in [2.75, 3.05) is 0 Å². The third kappa shape index (κ3) is 1.26. The predicted molar refractivity (Wildman–Crippen MR) is 41.1 cm³/mol. The summed E-state index contributed by atoms with van der Waals surface area (Å²) >= 11 is 0. The van der Waals surface area contributed by atoms with Crippen LogP contribution in [0.5, 0.6) is 0 Å². The molecular formula is C9H14O2. The van der Waals surface area contributed by atoms with Crippen molar-refractivity contribution in [3.8, 4) is 0 Å². The van der Waals surface area contributed by atoms with Gasteiger partial charge in [0, 0.05) is 6.42 Å². The Hall–Kier alpha value is -0.530. The lowest BCUT2D eigenvalue weighted by atomic mass is 9.92. The van der Waals surface area contributed by atoms with E-state index in [0.717, 1.165) is 25.7 Å². The van der Waals surface area contributed by atoms with E-state index in [4.69, 9.17) is 4.74 Å². The average molecular weight is 154 g/mol. The van der Waals surface area contributed by atoms with Gasteiger partial charge in [0.2, 0.25) is 0 Å². The lowest BCUT2D eigenvalue weighted by molar-refractivity contribution is -0.166. The summed E-state index contributed by atoms with van der Waals surface area (Å²) in [6.07, 6.45) is 7.50. The number of hydrogen-bond acceptors (Lipinski definition) is 2. The monoisotopic (exact) mass is 154 g/mol. The number of hydrogen-bond donors (Lipinski definition) is 0. The molecule has 1 heterocycles. The van der Waals surface area contributed by atoms with Crippen LogP contribution in [0.1, 0.15) is 44.9 Å². The quantitative estimate of drug-likeness (QED) is 0.499. The van der Waals surface area contributed by atoms with Gasteiger partial charge in [-0.2, -0.15) is 0 Å². The number of esters is 1. The largest absolute Gasteiger partial charge is 0.459 e. The fourth-order valence-electron chi connectivity index (χ4n) is 2.27. The van der Waals surface area contributed by atoms with Gasteiger partial charge in [-0.15, -0.1) is 0 Å². The zero-order chi connectivity index (χ0) is 7.73. The third-order valence-corrected chi connectivity index (χ3v) is 2.86. The molecule has 1 aliphatic heterocycles. The Morgan fingerprint density at radius 1 is 1.09 bits per heavy atom. The van der Waals surface area contributed by atoms with E-state index in [1.165, 1.54) is 12.8 Å². The predicted octanol–water partition coefficient (Wildman–Crippen LogP) is 2.03. The molecule has 2 aliphatic rings. The molecule has 1 aliphatic carbocycles. The van der Waals surface area contributed by atoms with E-state index >= 15 is 0 Å². The Labute approximate surface area is 66.9 Å². The van der Waals surface area contributed by atoms with Crippen LogP contribution in [0.25, 0.3) is 0 Å². The molecule has 1 saturated carbocycles. The molecule has 0 N–H and O–H groups in total. The second-order valence-electron chi connectivity index (χ2n) is 3.72. The summed E-state index contributed by atoms with van der Waals surface area (Å²) in [4.78, 5) is 11.0. The molecule has 2 nitrogen and oxygen atoms in total. The van der Waals surface area contributed by atoms with Crippen molar-refractivity contribution in [2.24, 2.45) is 0 Å². The highest BCUT2D eigenvalue weighted by atomic mass is 16.6. The molecule has 1 spiro atoms. The van der Waals surface area contributed by atoms with Gasteiger partial charge < -0.3 is 4.74 Å². The zero-order valence-corrected chi connectivity index (χ0v) is 6.77. The molecule has 1 saturated heterocycles. The van der Waals surface area contributed by atoms with Gasteiger partial charge in [-0.1, -0.05) is 0 Å². The van der Waals surface area contributed by atoms with E-state index < -0.39 is 0 Å². The molecule has 11 heavy (non-hydrogen) atoms. The molecule has 2 fully saturated rings. The van der Waals surface area contributed by atoms with Crippen LogP contribution in [0.15, 0.2) is 0 Å². The first-order chi connectivity index (χ1) is 5.31. The molecule has 0 aromatic carbocycles. The smallest absolute Gasteiger partial charge is 0.306 e. The fraction of sp³-hybridized carbons (Fsp3) is 0.889. The van der Waals surface area contributed by atoms with Crippen LogP contribution in [0, 0.1) is 0 Å². The molecule has 0 amide bonds. The van der Waals surface area contributed by atoms with Gasteiger partial charge in [0.1, 0.15) is 5.60 Å².